The van der Waals surface area contributed by atoms with Crippen molar-refractivity contribution in [2.24, 2.45) is 23.7 Å². The number of aromatic nitrogens is 1. The zero-order chi connectivity index (χ0) is 23.4. The molecule has 1 aromatic heterocycles. The van der Waals surface area contributed by atoms with E-state index in [1.807, 2.05) is 19.2 Å². The fourth-order valence-electron chi connectivity index (χ4n) is 7.31. The fraction of sp³-hybridized carbons (Fsp3) is 0.615. The van der Waals surface area contributed by atoms with Gasteiger partial charge in [0.05, 0.1) is 12.8 Å². The van der Waals surface area contributed by atoms with Gasteiger partial charge in [-0.2, -0.15) is 0 Å². The summed E-state index contributed by atoms with van der Waals surface area (Å²) in [7, 11) is 2.01. The molecule has 0 radical (unpaired) electrons. The van der Waals surface area contributed by atoms with Gasteiger partial charge in [0.1, 0.15) is 5.75 Å². The van der Waals surface area contributed by atoms with E-state index in [2.05, 4.69) is 9.88 Å². The van der Waals surface area contributed by atoms with Crippen LogP contribution in [0.2, 0.25) is 0 Å². The Bertz CT molecular complexity index is 1050. The first-order chi connectivity index (χ1) is 16.4. The second-order valence-corrected chi connectivity index (χ2v) is 10.7. The molecule has 182 valence electrons. The van der Waals surface area contributed by atoms with Crippen LogP contribution in [-0.4, -0.2) is 58.6 Å². The molecular weight excluding hydrogens is 436 g/mol. The first-order valence-electron chi connectivity index (χ1n) is 12.5. The van der Waals surface area contributed by atoms with Crippen LogP contribution in [0.5, 0.6) is 5.75 Å². The minimum absolute atomic E-state index is 0.115. The first-order valence-corrected chi connectivity index (χ1v) is 12.5. The molecule has 2 heterocycles. The average Bonchev–Trinajstić information content (AvgIpc) is 3.21. The van der Waals surface area contributed by atoms with Crippen molar-refractivity contribution < 1.29 is 28.9 Å². The van der Waals surface area contributed by atoms with Gasteiger partial charge < -0.3 is 24.3 Å². The second-order valence-electron chi connectivity index (χ2n) is 10.7. The number of benzene rings is 1. The lowest BCUT2D eigenvalue weighted by molar-refractivity contribution is -0.343. The van der Waals surface area contributed by atoms with E-state index in [0.29, 0.717) is 23.6 Å². The van der Waals surface area contributed by atoms with Gasteiger partial charge in [0.15, 0.2) is 6.10 Å². The molecule has 1 atom stereocenters. The molecule has 1 aromatic carbocycles. The fourth-order valence-corrected chi connectivity index (χ4v) is 7.31. The van der Waals surface area contributed by atoms with Crippen molar-refractivity contribution in [3.05, 3.63) is 30.5 Å². The molecular formula is C26H32N2O6. The van der Waals surface area contributed by atoms with Crippen LogP contribution in [0.1, 0.15) is 44.9 Å². The zero-order valence-electron chi connectivity index (χ0n) is 19.4. The third kappa shape index (κ3) is 3.77. The Morgan fingerprint density at radius 1 is 1.06 bits per heavy atom. The summed E-state index contributed by atoms with van der Waals surface area (Å²) in [5.74, 6) is -0.216. The Hall–Kier alpha value is -2.58. The van der Waals surface area contributed by atoms with Crippen LogP contribution in [-0.2, 0) is 19.1 Å². The van der Waals surface area contributed by atoms with Gasteiger partial charge in [0, 0.05) is 29.7 Å². The highest BCUT2D eigenvalue weighted by molar-refractivity contribution is 5.86. The maximum atomic E-state index is 12.5. The lowest BCUT2D eigenvalue weighted by Gasteiger charge is -2.57. The number of ether oxygens (including phenoxy) is 3. The number of nitrogens with zero attached hydrogens (tertiary/aromatic N) is 1. The van der Waals surface area contributed by atoms with E-state index >= 15 is 0 Å². The standard InChI is InChI=1S/C26H32N2O6/c1-28(25-17-10-15-9-16(12-17)13-18(25)11-15)14-22(29)26(33-23(30)5-6-24(31)34-26)32-21-4-2-3-20-19(21)7-8-27-20/h2-4,7-8,15-18,22,25,27,29H,5-6,9-14H2,1H3/t15?,16?,17?,18?,22-,25?/m0/s1. The summed E-state index contributed by atoms with van der Waals surface area (Å²) >= 11 is 0. The summed E-state index contributed by atoms with van der Waals surface area (Å²) in [5, 5.41) is 12.2. The van der Waals surface area contributed by atoms with Crippen LogP contribution in [0, 0.1) is 23.7 Å². The lowest BCUT2D eigenvalue weighted by atomic mass is 9.54. The van der Waals surface area contributed by atoms with Crippen LogP contribution >= 0.6 is 0 Å². The van der Waals surface area contributed by atoms with Gasteiger partial charge in [-0.05, 0) is 81.0 Å². The molecule has 7 rings (SSSR count). The number of esters is 2. The van der Waals surface area contributed by atoms with Crippen LogP contribution in [0.3, 0.4) is 0 Å². The molecule has 1 aliphatic heterocycles. The van der Waals surface area contributed by atoms with Gasteiger partial charge in [0.25, 0.3) is 0 Å². The van der Waals surface area contributed by atoms with E-state index in [1.54, 1.807) is 18.3 Å². The maximum Gasteiger partial charge on any atom is 0.450 e. The zero-order valence-corrected chi connectivity index (χ0v) is 19.4. The molecule has 5 aliphatic rings. The third-order valence-corrected chi connectivity index (χ3v) is 8.41. The molecule has 8 heteroatoms. The average molecular weight is 469 g/mol. The van der Waals surface area contributed by atoms with Gasteiger partial charge in [-0.15, -0.1) is 0 Å². The number of cyclic esters (lactones) is 2. The van der Waals surface area contributed by atoms with E-state index in [9.17, 15) is 14.7 Å². The van der Waals surface area contributed by atoms with E-state index in [0.717, 1.165) is 22.7 Å². The van der Waals surface area contributed by atoms with Crippen LogP contribution in [0.25, 0.3) is 10.9 Å². The highest BCUT2D eigenvalue weighted by Gasteiger charge is 2.54. The Morgan fingerprint density at radius 2 is 1.71 bits per heavy atom. The molecule has 2 N–H and O–H groups in total. The molecule has 0 unspecified atom stereocenters. The third-order valence-electron chi connectivity index (χ3n) is 8.41. The Labute approximate surface area is 198 Å². The number of hydrogen-bond acceptors (Lipinski definition) is 7. The minimum Gasteiger partial charge on any atom is -0.418 e. The number of carbonyl (C=O) groups is 2. The topological polar surface area (TPSA) is 101 Å². The van der Waals surface area contributed by atoms with E-state index in [4.69, 9.17) is 14.2 Å². The van der Waals surface area contributed by atoms with Gasteiger partial charge in [-0.3, -0.25) is 14.5 Å². The van der Waals surface area contributed by atoms with Gasteiger partial charge in [0.2, 0.25) is 0 Å². The summed E-state index contributed by atoms with van der Waals surface area (Å²) in [6.45, 7) is 0.163. The molecule has 5 fully saturated rings. The number of hydrogen-bond donors (Lipinski definition) is 2. The number of aliphatic hydroxyl groups excluding tert-OH is 1. The molecule has 4 bridgehead atoms. The summed E-state index contributed by atoms with van der Waals surface area (Å²) in [6, 6.07) is 7.57. The van der Waals surface area contributed by atoms with E-state index < -0.39 is 24.0 Å². The second kappa shape index (κ2) is 8.27. The summed E-state index contributed by atoms with van der Waals surface area (Å²) in [6.07, 6.45) is 6.53. The van der Waals surface area contributed by atoms with Crippen molar-refractivity contribution in [1.82, 2.24) is 9.88 Å². The number of aromatic amines is 1. The minimum atomic E-state index is -2.24. The number of aliphatic hydroxyl groups is 1. The van der Waals surface area contributed by atoms with Crippen molar-refractivity contribution in [3.63, 3.8) is 0 Å². The highest BCUT2D eigenvalue weighted by Crippen LogP contribution is 2.55. The molecule has 0 amide bonds. The SMILES string of the molecule is CN(C[C@H](O)C1(Oc2cccc3[nH]ccc23)OC(=O)CCC(=O)O1)C1C2CC3CC(C2)CC1C3. The number of likely N-dealkylation sites (N-methyl/N-ethyl adjacent to an activating group) is 1. The molecule has 0 spiro atoms. The van der Waals surface area contributed by atoms with E-state index in [1.165, 1.54) is 32.1 Å². The smallest absolute Gasteiger partial charge is 0.418 e. The predicted octanol–water partition coefficient (Wildman–Crippen LogP) is 3.20. The van der Waals surface area contributed by atoms with E-state index in [-0.39, 0.29) is 19.4 Å². The van der Waals surface area contributed by atoms with Crippen molar-refractivity contribution >= 4 is 22.8 Å². The van der Waals surface area contributed by atoms with Crippen LogP contribution in [0.4, 0.5) is 0 Å². The summed E-state index contributed by atoms with van der Waals surface area (Å²) in [5.41, 5.74) is 0.819. The molecule has 8 nitrogen and oxygen atoms in total. The predicted molar refractivity (Wildman–Crippen MR) is 123 cm³/mol. The number of rotatable bonds is 6. The maximum absolute atomic E-state index is 12.5. The number of fused-ring (bicyclic) bond motifs is 1. The van der Waals surface area contributed by atoms with Gasteiger partial charge >= 0.3 is 17.9 Å². The molecule has 4 saturated carbocycles. The Morgan fingerprint density at radius 3 is 2.35 bits per heavy atom. The Balaban J connectivity index is 1.28. The van der Waals surface area contributed by atoms with Crippen LogP contribution < -0.4 is 4.74 Å². The van der Waals surface area contributed by atoms with Crippen molar-refractivity contribution in [2.45, 2.75) is 63.1 Å². The number of H-pyrrole nitrogens is 1. The van der Waals surface area contributed by atoms with Crippen molar-refractivity contribution in [1.29, 1.82) is 0 Å². The monoisotopic (exact) mass is 468 g/mol. The largest absolute Gasteiger partial charge is 0.450 e. The summed E-state index contributed by atoms with van der Waals surface area (Å²) in [4.78, 5) is 30.2. The quantitative estimate of drug-likeness (QED) is 0.628. The number of carbonyl (C=O) groups excluding carboxylic acids is 2. The normalized spacial score (nSPS) is 33.0. The highest BCUT2D eigenvalue weighted by atomic mass is 16.9. The first kappa shape index (κ1) is 21.9. The summed E-state index contributed by atoms with van der Waals surface area (Å²) < 4.78 is 17.3. The van der Waals surface area contributed by atoms with Crippen molar-refractivity contribution in [3.8, 4) is 5.75 Å². The molecule has 34 heavy (non-hydrogen) atoms. The van der Waals surface area contributed by atoms with Crippen molar-refractivity contribution in [2.75, 3.05) is 13.6 Å². The molecule has 4 aliphatic carbocycles. The van der Waals surface area contributed by atoms with Gasteiger partial charge in [-0.25, -0.2) is 0 Å². The Kier molecular flexibility index (Phi) is 5.33. The molecule has 1 saturated heterocycles. The molecule has 2 aromatic rings. The van der Waals surface area contributed by atoms with Gasteiger partial charge in [-0.1, -0.05) is 6.07 Å². The lowest BCUT2D eigenvalue weighted by Crippen LogP contribution is -2.61. The van der Waals surface area contributed by atoms with Crippen LogP contribution in [0.15, 0.2) is 30.5 Å². The number of nitrogens with one attached hydrogen (secondary N) is 1.